The molecule has 0 radical (unpaired) electrons. The van der Waals surface area contributed by atoms with E-state index in [9.17, 15) is 22.2 Å². The first-order valence-corrected chi connectivity index (χ1v) is 12.2. The lowest BCUT2D eigenvalue weighted by Crippen LogP contribution is -1.97. The highest BCUT2D eigenvalue weighted by atomic mass is 32.2. The maximum atomic E-state index is 12.2. The maximum absolute atomic E-state index is 12.2. The summed E-state index contributed by atoms with van der Waals surface area (Å²) in [5.74, 6) is -0.572. The van der Waals surface area contributed by atoms with Crippen molar-refractivity contribution in [3.63, 3.8) is 0 Å². The van der Waals surface area contributed by atoms with E-state index in [4.69, 9.17) is 4.42 Å². The smallest absolute Gasteiger partial charge is 0.336 e. The lowest BCUT2D eigenvalue weighted by atomic mass is 10.1. The van der Waals surface area contributed by atoms with Crippen molar-refractivity contribution >= 4 is 33.7 Å². The SMILES string of the molecule is O=S(=O)([O-])c1ccc(F)cc1.O=c1ccc2ccc([SH2+])cc2o1.c1ccc(-c2ccccc2)cc1. The minimum Gasteiger partial charge on any atom is -0.744 e. The second kappa shape index (κ2) is 12.1. The van der Waals surface area contributed by atoms with Crippen LogP contribution in [0.3, 0.4) is 0 Å². The fourth-order valence-electron chi connectivity index (χ4n) is 2.92. The minimum atomic E-state index is -4.44. The predicted octanol–water partition coefficient (Wildman–Crippen LogP) is 5.25. The van der Waals surface area contributed by atoms with E-state index >= 15 is 0 Å². The van der Waals surface area contributed by atoms with Gasteiger partial charge in [-0.3, -0.25) is 0 Å². The summed E-state index contributed by atoms with van der Waals surface area (Å²) >= 11 is 3.34. The van der Waals surface area contributed by atoms with E-state index in [0.717, 1.165) is 34.5 Å². The van der Waals surface area contributed by atoms with Crippen LogP contribution >= 0.6 is 0 Å². The molecule has 35 heavy (non-hydrogen) atoms. The highest BCUT2D eigenvalue weighted by Crippen LogP contribution is 2.17. The fraction of sp³-hybridized carbons (Fsp3) is 0. The van der Waals surface area contributed by atoms with Gasteiger partial charge in [-0.05, 0) is 66.2 Å². The quantitative estimate of drug-likeness (QED) is 0.185. The van der Waals surface area contributed by atoms with E-state index in [1.165, 1.54) is 17.2 Å². The summed E-state index contributed by atoms with van der Waals surface area (Å²) < 4.78 is 47.9. The maximum Gasteiger partial charge on any atom is 0.336 e. The van der Waals surface area contributed by atoms with Gasteiger partial charge in [0, 0.05) is 17.5 Å². The molecule has 0 spiro atoms. The van der Waals surface area contributed by atoms with Crippen LogP contribution in [-0.2, 0) is 22.7 Å². The zero-order valence-corrected chi connectivity index (χ0v) is 20.1. The van der Waals surface area contributed by atoms with Crippen molar-refractivity contribution in [1.29, 1.82) is 0 Å². The molecule has 4 aromatic carbocycles. The first-order chi connectivity index (χ1) is 16.7. The van der Waals surface area contributed by atoms with Gasteiger partial charge in [0.2, 0.25) is 0 Å². The van der Waals surface area contributed by atoms with Crippen LogP contribution in [0.1, 0.15) is 0 Å². The van der Waals surface area contributed by atoms with Crippen molar-refractivity contribution in [3.05, 3.63) is 131 Å². The van der Waals surface area contributed by atoms with E-state index in [0.29, 0.717) is 5.58 Å². The molecular weight excluding hydrogens is 487 g/mol. The lowest BCUT2D eigenvalue weighted by molar-refractivity contribution is 0.463. The third kappa shape index (κ3) is 8.22. The van der Waals surface area contributed by atoms with Crippen LogP contribution < -0.4 is 5.63 Å². The van der Waals surface area contributed by atoms with E-state index in [1.807, 2.05) is 24.3 Å². The molecule has 0 amide bonds. The standard InChI is InChI=1S/C12H10.C9H6O2S.C6H5FO3S/c1-3-7-11(8-4-1)12-9-5-2-6-10-12;10-9-4-2-6-1-3-7(12)5-8(6)11-9;7-5-1-3-6(4-2-5)11(8,9)10/h1-10H;1-5,12H;1-4H,(H,8,9,10). The molecule has 0 aliphatic carbocycles. The van der Waals surface area contributed by atoms with Gasteiger partial charge in [0.25, 0.3) is 0 Å². The highest BCUT2D eigenvalue weighted by molar-refractivity contribution is 7.85. The summed E-state index contributed by atoms with van der Waals surface area (Å²) in [6.07, 6.45) is 0. The summed E-state index contributed by atoms with van der Waals surface area (Å²) in [5.41, 5.74) is 2.84. The molecule has 0 aliphatic rings. The molecule has 0 bridgehead atoms. The van der Waals surface area contributed by atoms with Gasteiger partial charge in [-0.25, -0.2) is 17.6 Å². The highest BCUT2D eigenvalue weighted by Gasteiger charge is 2.00. The average molecular weight is 509 g/mol. The Balaban J connectivity index is 0.000000147. The molecule has 8 heteroatoms. The zero-order valence-electron chi connectivity index (χ0n) is 18.3. The number of benzene rings is 4. The van der Waals surface area contributed by atoms with E-state index in [1.54, 1.807) is 12.1 Å². The number of rotatable bonds is 2. The fourth-order valence-corrected chi connectivity index (χ4v) is 3.61. The normalized spacial score (nSPS) is 10.5. The van der Waals surface area contributed by atoms with Gasteiger partial charge < -0.3 is 8.97 Å². The monoisotopic (exact) mass is 508 g/mol. The molecule has 0 saturated heterocycles. The summed E-state index contributed by atoms with van der Waals surface area (Å²) in [6.45, 7) is 0. The summed E-state index contributed by atoms with van der Waals surface area (Å²) in [6, 6.07) is 33.2. The Kier molecular flexibility index (Phi) is 8.97. The molecule has 0 saturated carbocycles. The topological polar surface area (TPSA) is 87.4 Å². The van der Waals surface area contributed by atoms with Gasteiger partial charge in [0.1, 0.15) is 21.5 Å². The van der Waals surface area contributed by atoms with Crippen molar-refractivity contribution in [2.75, 3.05) is 0 Å². The van der Waals surface area contributed by atoms with Crippen molar-refractivity contribution in [2.24, 2.45) is 0 Å². The molecule has 0 unspecified atom stereocenters. The molecule has 5 aromatic rings. The molecule has 1 aromatic heterocycles. The number of hydrogen-bond donors (Lipinski definition) is 0. The van der Waals surface area contributed by atoms with Crippen molar-refractivity contribution in [2.45, 2.75) is 9.79 Å². The molecule has 5 nitrogen and oxygen atoms in total. The van der Waals surface area contributed by atoms with Crippen LogP contribution in [0.5, 0.6) is 0 Å². The summed E-state index contributed by atoms with van der Waals surface area (Å²) in [5, 5.41) is 0.927. The molecule has 0 fully saturated rings. The predicted molar refractivity (Wildman–Crippen MR) is 137 cm³/mol. The second-order valence-electron chi connectivity index (χ2n) is 7.15. The van der Waals surface area contributed by atoms with Gasteiger partial charge >= 0.3 is 5.63 Å². The summed E-state index contributed by atoms with van der Waals surface area (Å²) in [4.78, 5) is 11.3. The van der Waals surface area contributed by atoms with Gasteiger partial charge in [-0.15, -0.1) is 0 Å². The first-order valence-electron chi connectivity index (χ1n) is 10.3. The Morgan fingerprint density at radius 3 is 1.74 bits per heavy atom. The van der Waals surface area contributed by atoms with Crippen LogP contribution in [0.2, 0.25) is 0 Å². The average Bonchev–Trinajstić information content (AvgIpc) is 2.85. The van der Waals surface area contributed by atoms with E-state index < -0.39 is 20.8 Å². The van der Waals surface area contributed by atoms with Crippen molar-refractivity contribution < 1.29 is 21.8 Å². The molecule has 5 rings (SSSR count). The van der Waals surface area contributed by atoms with Crippen LogP contribution in [0.4, 0.5) is 4.39 Å². The molecule has 0 N–H and O–H groups in total. The number of fused-ring (bicyclic) bond motifs is 1. The second-order valence-corrected chi connectivity index (χ2v) is 9.10. The Bertz CT molecular complexity index is 1500. The number of halogens is 1. The van der Waals surface area contributed by atoms with Gasteiger partial charge in [-0.2, -0.15) is 0 Å². The van der Waals surface area contributed by atoms with Crippen LogP contribution in [0, 0.1) is 5.82 Å². The molecule has 0 aliphatic heterocycles. The van der Waals surface area contributed by atoms with Gasteiger partial charge in [0.05, 0.1) is 4.90 Å². The molecular formula is C27H21FO5S2. The van der Waals surface area contributed by atoms with E-state index in [2.05, 4.69) is 61.2 Å². The van der Waals surface area contributed by atoms with Gasteiger partial charge in [0.15, 0.2) is 4.90 Å². The van der Waals surface area contributed by atoms with Crippen molar-refractivity contribution in [3.8, 4) is 11.1 Å². The Labute approximate surface area is 207 Å². The molecule has 178 valence electrons. The van der Waals surface area contributed by atoms with Crippen LogP contribution in [-0.4, -0.2) is 13.0 Å². The molecule has 1 heterocycles. The Morgan fingerprint density at radius 1 is 0.714 bits per heavy atom. The third-order valence-corrected chi connectivity index (χ3v) is 5.77. The Hall–Kier alpha value is -3.72. The third-order valence-electron chi connectivity index (χ3n) is 4.61. The van der Waals surface area contributed by atoms with E-state index in [-0.39, 0.29) is 5.63 Å². The Morgan fingerprint density at radius 2 is 1.23 bits per heavy atom. The van der Waals surface area contributed by atoms with Crippen molar-refractivity contribution in [1.82, 2.24) is 0 Å². The first kappa shape index (κ1) is 25.9. The van der Waals surface area contributed by atoms with Crippen LogP contribution in [0.25, 0.3) is 22.1 Å². The number of hydrogen-bond acceptors (Lipinski definition) is 5. The van der Waals surface area contributed by atoms with Gasteiger partial charge in [-0.1, -0.05) is 60.7 Å². The molecule has 0 atom stereocenters. The van der Waals surface area contributed by atoms with Crippen LogP contribution in [0.15, 0.2) is 134 Å². The largest absolute Gasteiger partial charge is 0.744 e. The minimum absolute atomic E-state index is 0.320. The summed E-state index contributed by atoms with van der Waals surface area (Å²) in [7, 11) is -4.44. The lowest BCUT2D eigenvalue weighted by Gasteiger charge is -2.04. The zero-order chi connectivity index (χ0) is 25.3.